The molecule has 10 atom stereocenters. The summed E-state index contributed by atoms with van der Waals surface area (Å²) in [6.07, 6.45) is -1.14. The average molecular weight is 1360 g/mol. The van der Waals surface area contributed by atoms with E-state index in [2.05, 4.69) is 31.9 Å². The molecule has 0 saturated carbocycles. The number of benzene rings is 4. The van der Waals surface area contributed by atoms with E-state index in [0.717, 1.165) is 31.3 Å². The first-order chi connectivity index (χ1) is 45.5. The molecule has 26 nitrogen and oxygen atoms in total. The second-order valence-electron chi connectivity index (χ2n) is 30.9. The van der Waals surface area contributed by atoms with Crippen LogP contribution in [-0.4, -0.2) is 213 Å². The fourth-order valence-electron chi connectivity index (χ4n) is 13.9. The number of carbonyl (C=O) groups excluding carboxylic acids is 12. The van der Waals surface area contributed by atoms with Crippen molar-refractivity contribution in [3.8, 4) is 0 Å². The van der Waals surface area contributed by atoms with Crippen LogP contribution in [0.2, 0.25) is 0 Å². The lowest BCUT2D eigenvalue weighted by Crippen LogP contribution is -2.63. The van der Waals surface area contributed by atoms with E-state index in [0.29, 0.717) is 11.4 Å². The monoisotopic (exact) mass is 1350 g/mol. The topological polar surface area (TPSA) is 315 Å². The molecule has 26 heteroatoms. The van der Waals surface area contributed by atoms with Crippen LogP contribution in [0.25, 0.3) is 21.5 Å². The van der Waals surface area contributed by atoms with Crippen molar-refractivity contribution in [2.45, 2.75) is 182 Å². The largest absolute Gasteiger partial charge is 0.444 e. The minimum atomic E-state index is -1.41. The average Bonchev–Trinajstić information content (AvgIpc) is 1.56. The van der Waals surface area contributed by atoms with E-state index < -0.39 is 166 Å². The van der Waals surface area contributed by atoms with Gasteiger partial charge in [-0.3, -0.25) is 57.7 Å². The smallest absolute Gasteiger partial charge is 0.410 e. The molecule has 98 heavy (non-hydrogen) atoms. The Morgan fingerprint density at radius 1 is 0.541 bits per heavy atom. The van der Waals surface area contributed by atoms with Gasteiger partial charge >= 0.3 is 24.0 Å². The summed E-state index contributed by atoms with van der Waals surface area (Å²) in [6.45, 7) is 25.4. The Kier molecular flexibility index (Phi) is 21.4. The van der Waals surface area contributed by atoms with E-state index in [1.165, 1.54) is 47.5 Å². The van der Waals surface area contributed by atoms with Gasteiger partial charge in [0.2, 0.25) is 47.3 Å². The minimum Gasteiger partial charge on any atom is -0.444 e. The highest BCUT2D eigenvalue weighted by Crippen LogP contribution is 2.48. The summed E-state index contributed by atoms with van der Waals surface area (Å²) in [4.78, 5) is 179. The maximum absolute atomic E-state index is 15.3. The van der Waals surface area contributed by atoms with Gasteiger partial charge in [0.25, 0.3) is 0 Å². The van der Waals surface area contributed by atoms with Gasteiger partial charge in [0, 0.05) is 62.4 Å². The van der Waals surface area contributed by atoms with Crippen LogP contribution < -0.4 is 31.9 Å². The number of hydrogen-bond acceptors (Lipinski definition) is 14. The second-order valence-corrected chi connectivity index (χ2v) is 30.9. The molecule has 4 saturated heterocycles. The number of likely N-dealkylation sites (tertiary alicyclic amines) is 4. The van der Waals surface area contributed by atoms with Gasteiger partial charge in [-0.05, 0) is 116 Å². The van der Waals surface area contributed by atoms with Crippen LogP contribution in [0.3, 0.4) is 0 Å². The molecular weight excluding hydrogens is 1260 g/mol. The number of amides is 12. The molecule has 4 aromatic rings. The van der Waals surface area contributed by atoms with Crippen molar-refractivity contribution in [2.75, 3.05) is 64.0 Å². The molecule has 0 spiro atoms. The standard InChI is InChI=1S/C72H98N12O14/c1-41(79(17)65(95)97-69(9,10)11)57(87)77-54(67(3,4)5)63(93)81-36-34-71(15)56(81)47(59(89)75-49-31-23-27-43-25-19-21-29-45(43)49)39-84(71)53(86)38-74-62(92)61(91)73-37-52(85)82-40-48(60(90)76-50-32-24-28-44-26-20-22-30-46(44)50)72(16)51(82)33-35-83(72)64(94)55(68(6,7)8)78-58(88)42(2)80(18)66(96)98-70(12,13)14/h19-32,41-42,47-48,51,54-56H,33-40H2,1-18H3,(H,73,91)(H,74,92)(H,75,89)(H,76,90)(H,77,87)(H,78,88). The van der Waals surface area contributed by atoms with Crippen molar-refractivity contribution in [1.29, 1.82) is 0 Å². The van der Waals surface area contributed by atoms with Crippen molar-refractivity contribution in [3.63, 3.8) is 0 Å². The van der Waals surface area contributed by atoms with Crippen molar-refractivity contribution < 1.29 is 67.0 Å². The van der Waals surface area contributed by atoms with Gasteiger partial charge in [-0.1, -0.05) is 114 Å². The van der Waals surface area contributed by atoms with Crippen LogP contribution in [0.1, 0.15) is 124 Å². The molecule has 0 bridgehead atoms. The lowest BCUT2D eigenvalue weighted by atomic mass is 9.80. The summed E-state index contributed by atoms with van der Waals surface area (Å²) < 4.78 is 11.0. The first kappa shape index (κ1) is 74.4. The number of carbonyl (C=O) groups is 12. The highest BCUT2D eigenvalue weighted by molar-refractivity contribution is 6.35. The summed E-state index contributed by atoms with van der Waals surface area (Å²) in [5.41, 5.74) is -5.22. The zero-order valence-electron chi connectivity index (χ0n) is 59.8. The summed E-state index contributed by atoms with van der Waals surface area (Å²) in [7, 11) is 2.83. The Bertz CT molecular complexity index is 3800. The first-order valence-corrected chi connectivity index (χ1v) is 33.4. The maximum atomic E-state index is 15.3. The van der Waals surface area contributed by atoms with Crippen molar-refractivity contribution in [3.05, 3.63) is 84.9 Å². The molecule has 8 rings (SSSR count). The van der Waals surface area contributed by atoms with Crippen LogP contribution in [0, 0.1) is 22.7 Å². The zero-order chi connectivity index (χ0) is 72.7. The fraction of sp³-hybridized carbons (Fsp3) is 0.556. The van der Waals surface area contributed by atoms with E-state index >= 15 is 9.59 Å². The summed E-state index contributed by atoms with van der Waals surface area (Å²) in [5.74, 6) is -9.44. The Hall–Kier alpha value is -9.36. The van der Waals surface area contributed by atoms with Gasteiger partial charge in [-0.25, -0.2) is 9.59 Å². The number of hydrogen-bond donors (Lipinski definition) is 6. The first-order valence-electron chi connectivity index (χ1n) is 33.4. The molecule has 530 valence electrons. The Labute approximate surface area is 573 Å². The molecule has 12 amide bonds. The van der Waals surface area contributed by atoms with Crippen LogP contribution >= 0.6 is 0 Å². The minimum absolute atomic E-state index is 0.0485. The lowest BCUT2D eigenvalue weighted by molar-refractivity contribution is -0.146. The van der Waals surface area contributed by atoms with E-state index in [9.17, 15) is 47.9 Å². The van der Waals surface area contributed by atoms with Crippen LogP contribution in [-0.2, 0) is 57.4 Å². The van der Waals surface area contributed by atoms with Gasteiger partial charge < -0.3 is 61.0 Å². The van der Waals surface area contributed by atoms with E-state index in [4.69, 9.17) is 9.47 Å². The second kappa shape index (κ2) is 28.2. The maximum Gasteiger partial charge on any atom is 0.410 e. The summed E-state index contributed by atoms with van der Waals surface area (Å²) in [6, 6.07) is 19.4. The zero-order valence-corrected chi connectivity index (χ0v) is 59.8. The SMILES string of the molecule is CC(C(=O)NC(C(=O)N1CCC2(C)C1C(C(=O)Nc1cccc3ccccc13)CN2C(=O)CNC(=O)C(=O)NCC(=O)N1CC(C(=O)Nc2cccc3ccccc23)C2(C)C1CCN2C(=O)C(NC(=O)C(C)N(C)C(=O)OC(C)(C)C)C(C)(C)C)C(C)(C)C)N(C)C(=O)OC(C)(C)C. The molecule has 0 aliphatic carbocycles. The molecule has 4 heterocycles. The number of nitrogens with one attached hydrogen (secondary N) is 6. The number of ether oxygens (including phenoxy) is 2. The van der Waals surface area contributed by atoms with Crippen molar-refractivity contribution in [2.24, 2.45) is 22.7 Å². The molecule has 4 aromatic carbocycles. The lowest BCUT2D eigenvalue weighted by Gasteiger charge is -2.43. The third-order valence-electron chi connectivity index (χ3n) is 19.6. The number of anilines is 2. The number of nitrogens with zero attached hydrogens (tertiary/aromatic N) is 6. The van der Waals surface area contributed by atoms with E-state index in [1.807, 2.05) is 60.7 Å². The predicted octanol–water partition coefficient (Wildman–Crippen LogP) is 6.01. The summed E-state index contributed by atoms with van der Waals surface area (Å²) in [5, 5.41) is 19.8. The van der Waals surface area contributed by atoms with Gasteiger partial charge in [0.05, 0.1) is 48.1 Å². The Morgan fingerprint density at radius 2 is 0.980 bits per heavy atom. The molecular formula is C72H98N12O14. The molecule has 4 fully saturated rings. The highest BCUT2D eigenvalue weighted by Gasteiger charge is 2.65. The third kappa shape index (κ3) is 15.6. The molecule has 4 aliphatic rings. The Morgan fingerprint density at radius 3 is 1.45 bits per heavy atom. The van der Waals surface area contributed by atoms with Crippen LogP contribution in [0.5, 0.6) is 0 Å². The molecule has 4 aliphatic heterocycles. The van der Waals surface area contributed by atoms with Gasteiger partial charge in [0.15, 0.2) is 0 Å². The molecule has 0 aromatic heterocycles. The normalized spacial score (nSPS) is 21.9. The van der Waals surface area contributed by atoms with Crippen molar-refractivity contribution in [1.82, 2.24) is 50.7 Å². The predicted molar refractivity (Wildman–Crippen MR) is 368 cm³/mol. The van der Waals surface area contributed by atoms with Gasteiger partial charge in [-0.15, -0.1) is 0 Å². The third-order valence-corrected chi connectivity index (χ3v) is 19.6. The number of fused-ring (bicyclic) bond motifs is 4. The highest BCUT2D eigenvalue weighted by atomic mass is 16.6. The van der Waals surface area contributed by atoms with Crippen LogP contribution in [0.15, 0.2) is 84.9 Å². The van der Waals surface area contributed by atoms with Crippen molar-refractivity contribution >= 4 is 104 Å². The Balaban J connectivity index is 0.990. The van der Waals surface area contributed by atoms with E-state index in [-0.39, 0.29) is 39.0 Å². The fourth-order valence-corrected chi connectivity index (χ4v) is 13.9. The number of likely N-dealkylation sites (N-methyl/N-ethyl adjacent to an activating group) is 2. The molecule has 0 radical (unpaired) electrons. The van der Waals surface area contributed by atoms with Crippen LogP contribution in [0.4, 0.5) is 21.0 Å². The van der Waals surface area contributed by atoms with Gasteiger partial charge in [0.1, 0.15) is 35.4 Å². The summed E-state index contributed by atoms with van der Waals surface area (Å²) >= 11 is 0. The van der Waals surface area contributed by atoms with E-state index in [1.54, 1.807) is 121 Å². The molecule has 6 N–H and O–H groups in total. The van der Waals surface area contributed by atoms with Gasteiger partial charge in [-0.2, -0.15) is 0 Å². The number of rotatable bonds is 16. The molecule has 10 unspecified atom stereocenters. The quantitative estimate of drug-likeness (QED) is 0.0700.